The van der Waals surface area contributed by atoms with E-state index >= 15 is 0 Å². The van der Waals surface area contributed by atoms with Gasteiger partial charge in [0.2, 0.25) is 10.0 Å². The molecule has 2 aliphatic heterocycles. The van der Waals surface area contributed by atoms with Crippen LogP contribution in [0.15, 0.2) is 24.3 Å². The van der Waals surface area contributed by atoms with Gasteiger partial charge < -0.3 is 10.1 Å². The summed E-state index contributed by atoms with van der Waals surface area (Å²) < 4.78 is 32.7. The largest absolute Gasteiger partial charge is 0.377 e. The molecule has 1 aromatic rings. The van der Waals surface area contributed by atoms with E-state index in [1.54, 1.807) is 4.31 Å². The standard InChI is InChI=1S/C15H22N2O3S.ClH/c18-21(19,12-14-6-3-4-10-20-14)17-9-8-16-11-13-5-1-2-7-15(13)17;/h1-2,5,7,14,16H,3-4,6,8-12H2;1H. The molecule has 3 rings (SSSR count). The molecule has 0 radical (unpaired) electrons. The first-order valence-electron chi connectivity index (χ1n) is 7.57. The zero-order valence-electron chi connectivity index (χ0n) is 12.5. The summed E-state index contributed by atoms with van der Waals surface area (Å²) in [4.78, 5) is 0. The quantitative estimate of drug-likeness (QED) is 0.908. The average molecular weight is 347 g/mol. The molecule has 2 aliphatic rings. The van der Waals surface area contributed by atoms with Crippen LogP contribution in [-0.4, -0.2) is 40.0 Å². The van der Waals surface area contributed by atoms with Gasteiger partial charge in [-0.2, -0.15) is 0 Å². The first kappa shape index (κ1) is 17.5. The SMILES string of the molecule is Cl.O=S(=O)(CC1CCCCO1)N1CCNCc2ccccc21. The molecule has 0 aromatic heterocycles. The van der Waals surface area contributed by atoms with Crippen LogP contribution in [0, 0.1) is 0 Å². The van der Waals surface area contributed by atoms with Crippen molar-refractivity contribution in [1.82, 2.24) is 5.32 Å². The number of halogens is 1. The van der Waals surface area contributed by atoms with Crippen molar-refractivity contribution in [2.45, 2.75) is 31.9 Å². The molecule has 1 unspecified atom stereocenters. The van der Waals surface area contributed by atoms with Gasteiger partial charge in [-0.25, -0.2) is 8.42 Å². The fourth-order valence-electron chi connectivity index (χ4n) is 2.98. The van der Waals surface area contributed by atoms with E-state index in [1.165, 1.54) is 0 Å². The fourth-order valence-corrected chi connectivity index (χ4v) is 4.74. The van der Waals surface area contributed by atoms with Gasteiger partial charge in [0, 0.05) is 26.2 Å². The number of nitrogens with one attached hydrogen (secondary N) is 1. The minimum absolute atomic E-state index is 0. The summed E-state index contributed by atoms with van der Waals surface area (Å²) in [5.41, 5.74) is 1.83. The zero-order chi connectivity index (χ0) is 14.7. The Morgan fingerprint density at radius 1 is 1.27 bits per heavy atom. The summed E-state index contributed by atoms with van der Waals surface area (Å²) in [5.74, 6) is 0.0847. The molecule has 1 aromatic carbocycles. The van der Waals surface area contributed by atoms with E-state index in [-0.39, 0.29) is 24.3 Å². The van der Waals surface area contributed by atoms with E-state index in [4.69, 9.17) is 4.74 Å². The highest BCUT2D eigenvalue weighted by atomic mass is 35.5. The van der Waals surface area contributed by atoms with Gasteiger partial charge >= 0.3 is 0 Å². The number of hydrogen-bond acceptors (Lipinski definition) is 4. The number of anilines is 1. The summed E-state index contributed by atoms with van der Waals surface area (Å²) >= 11 is 0. The summed E-state index contributed by atoms with van der Waals surface area (Å²) in [6, 6.07) is 7.71. The molecular weight excluding hydrogens is 324 g/mol. The Balaban J connectivity index is 0.00000176. The molecule has 0 aliphatic carbocycles. The number of fused-ring (bicyclic) bond motifs is 1. The molecule has 124 valence electrons. The lowest BCUT2D eigenvalue weighted by molar-refractivity contribution is 0.0305. The maximum absolute atomic E-state index is 12.8. The van der Waals surface area contributed by atoms with Crippen molar-refractivity contribution in [1.29, 1.82) is 0 Å². The highest BCUT2D eigenvalue weighted by Crippen LogP contribution is 2.26. The maximum Gasteiger partial charge on any atom is 0.237 e. The molecule has 22 heavy (non-hydrogen) atoms. The number of sulfonamides is 1. The van der Waals surface area contributed by atoms with Gasteiger partial charge in [0.05, 0.1) is 17.5 Å². The van der Waals surface area contributed by atoms with Crippen molar-refractivity contribution < 1.29 is 13.2 Å². The number of para-hydroxylation sites is 1. The summed E-state index contributed by atoms with van der Waals surface area (Å²) in [6.45, 7) is 2.53. The predicted molar refractivity (Wildman–Crippen MR) is 90.1 cm³/mol. The molecule has 1 fully saturated rings. The number of hydrogen-bond donors (Lipinski definition) is 1. The van der Waals surface area contributed by atoms with Crippen LogP contribution in [0.1, 0.15) is 24.8 Å². The van der Waals surface area contributed by atoms with Crippen LogP contribution in [-0.2, 0) is 21.3 Å². The van der Waals surface area contributed by atoms with E-state index in [1.807, 2.05) is 24.3 Å². The molecule has 5 nitrogen and oxygen atoms in total. The van der Waals surface area contributed by atoms with E-state index in [0.29, 0.717) is 26.2 Å². The Morgan fingerprint density at radius 2 is 2.09 bits per heavy atom. The van der Waals surface area contributed by atoms with Gasteiger partial charge in [0.1, 0.15) is 0 Å². The van der Waals surface area contributed by atoms with Crippen LogP contribution in [0.2, 0.25) is 0 Å². The Morgan fingerprint density at radius 3 is 2.86 bits per heavy atom. The average Bonchev–Trinajstić information content (AvgIpc) is 2.70. The summed E-state index contributed by atoms with van der Waals surface area (Å²) in [6.07, 6.45) is 2.77. The Labute approximate surface area is 138 Å². The lowest BCUT2D eigenvalue weighted by Gasteiger charge is -2.28. The monoisotopic (exact) mass is 346 g/mol. The third-order valence-corrected chi connectivity index (χ3v) is 5.92. The van der Waals surface area contributed by atoms with Crippen molar-refractivity contribution in [3.8, 4) is 0 Å². The van der Waals surface area contributed by atoms with Crippen molar-refractivity contribution >= 4 is 28.1 Å². The molecule has 0 amide bonds. The molecule has 2 heterocycles. The van der Waals surface area contributed by atoms with E-state index in [2.05, 4.69) is 5.32 Å². The second-order valence-electron chi connectivity index (χ2n) is 5.64. The van der Waals surface area contributed by atoms with Crippen molar-refractivity contribution in [2.24, 2.45) is 0 Å². The van der Waals surface area contributed by atoms with Crippen LogP contribution in [0.25, 0.3) is 0 Å². The molecule has 0 spiro atoms. The third kappa shape index (κ3) is 3.93. The Kier molecular flexibility index (Phi) is 6.09. The molecule has 0 bridgehead atoms. The predicted octanol–water partition coefficient (Wildman–Crippen LogP) is 1.92. The number of rotatable bonds is 3. The topological polar surface area (TPSA) is 58.6 Å². The van der Waals surface area contributed by atoms with E-state index in [0.717, 1.165) is 30.5 Å². The van der Waals surface area contributed by atoms with Gasteiger partial charge in [0.15, 0.2) is 0 Å². The molecule has 1 saturated heterocycles. The first-order valence-corrected chi connectivity index (χ1v) is 9.18. The molecule has 7 heteroatoms. The summed E-state index contributed by atoms with van der Waals surface area (Å²) in [5, 5.41) is 3.27. The van der Waals surface area contributed by atoms with E-state index in [9.17, 15) is 8.42 Å². The second-order valence-corrected chi connectivity index (χ2v) is 7.58. The Hall–Kier alpha value is -0.820. The van der Waals surface area contributed by atoms with Crippen LogP contribution in [0.3, 0.4) is 0 Å². The van der Waals surface area contributed by atoms with Crippen LogP contribution in [0.5, 0.6) is 0 Å². The van der Waals surface area contributed by atoms with Gasteiger partial charge in [-0.15, -0.1) is 12.4 Å². The highest BCUT2D eigenvalue weighted by molar-refractivity contribution is 7.92. The number of nitrogens with zero attached hydrogens (tertiary/aromatic N) is 1. The molecule has 1 N–H and O–H groups in total. The van der Waals surface area contributed by atoms with Gasteiger partial charge in [-0.3, -0.25) is 4.31 Å². The second kappa shape index (κ2) is 7.64. The third-order valence-electron chi connectivity index (χ3n) is 4.07. The smallest absolute Gasteiger partial charge is 0.237 e. The lowest BCUT2D eigenvalue weighted by atomic mass is 10.1. The molecule has 1 atom stereocenters. The van der Waals surface area contributed by atoms with Gasteiger partial charge in [-0.1, -0.05) is 18.2 Å². The zero-order valence-corrected chi connectivity index (χ0v) is 14.2. The minimum atomic E-state index is -3.35. The van der Waals surface area contributed by atoms with Gasteiger partial charge in [0.25, 0.3) is 0 Å². The number of ether oxygens (including phenoxy) is 1. The van der Waals surface area contributed by atoms with Crippen LogP contribution in [0.4, 0.5) is 5.69 Å². The lowest BCUT2D eigenvalue weighted by Crippen LogP contribution is -2.40. The normalized spacial score (nSPS) is 22.4. The fraction of sp³-hybridized carbons (Fsp3) is 0.600. The van der Waals surface area contributed by atoms with Crippen LogP contribution < -0.4 is 9.62 Å². The first-order chi connectivity index (χ1) is 10.2. The van der Waals surface area contributed by atoms with Gasteiger partial charge in [-0.05, 0) is 30.9 Å². The van der Waals surface area contributed by atoms with Crippen LogP contribution >= 0.6 is 12.4 Å². The molecule has 0 saturated carbocycles. The Bertz CT molecular complexity index is 588. The molecular formula is C15H23ClN2O3S. The highest BCUT2D eigenvalue weighted by Gasteiger charge is 2.30. The van der Waals surface area contributed by atoms with Crippen molar-refractivity contribution in [3.63, 3.8) is 0 Å². The van der Waals surface area contributed by atoms with Crippen molar-refractivity contribution in [3.05, 3.63) is 29.8 Å². The maximum atomic E-state index is 12.8. The number of benzene rings is 1. The van der Waals surface area contributed by atoms with Crippen molar-refractivity contribution in [2.75, 3.05) is 29.8 Å². The van der Waals surface area contributed by atoms with E-state index < -0.39 is 10.0 Å². The minimum Gasteiger partial charge on any atom is -0.377 e. The summed E-state index contributed by atoms with van der Waals surface area (Å²) in [7, 11) is -3.35.